The molecule has 3 heterocycles. The molecule has 1 aliphatic rings. The zero-order valence-electron chi connectivity index (χ0n) is 15.3. The third kappa shape index (κ3) is 2.51. The molecule has 26 heavy (non-hydrogen) atoms. The SMILES string of the molecule is CC(CN1C(=O)c2ccccc2C1=O)c1nn2nc(C(C)(C)C)cc2[nH]1. The van der Waals surface area contributed by atoms with E-state index in [2.05, 4.69) is 36.0 Å². The van der Waals surface area contributed by atoms with E-state index in [1.807, 2.05) is 13.0 Å². The molecule has 0 radical (unpaired) electrons. The number of imide groups is 1. The maximum absolute atomic E-state index is 12.5. The summed E-state index contributed by atoms with van der Waals surface area (Å²) >= 11 is 0. The van der Waals surface area contributed by atoms with Crippen LogP contribution in [0.3, 0.4) is 0 Å². The monoisotopic (exact) mass is 351 g/mol. The first-order valence-corrected chi connectivity index (χ1v) is 8.67. The van der Waals surface area contributed by atoms with Crippen molar-refractivity contribution in [3.8, 4) is 0 Å². The van der Waals surface area contributed by atoms with Crippen LogP contribution in [-0.2, 0) is 5.41 Å². The van der Waals surface area contributed by atoms with Gasteiger partial charge in [-0.15, -0.1) is 9.73 Å². The van der Waals surface area contributed by atoms with Gasteiger partial charge in [0.25, 0.3) is 11.8 Å². The smallest absolute Gasteiger partial charge is 0.261 e. The van der Waals surface area contributed by atoms with Crippen molar-refractivity contribution in [1.82, 2.24) is 24.7 Å². The maximum atomic E-state index is 12.5. The van der Waals surface area contributed by atoms with E-state index in [0.29, 0.717) is 17.0 Å². The number of carbonyl (C=O) groups is 2. The van der Waals surface area contributed by atoms with Gasteiger partial charge >= 0.3 is 0 Å². The molecule has 7 nitrogen and oxygen atoms in total. The van der Waals surface area contributed by atoms with E-state index in [9.17, 15) is 9.59 Å². The predicted octanol–water partition coefficient (Wildman–Crippen LogP) is 2.75. The van der Waals surface area contributed by atoms with Gasteiger partial charge in [0.2, 0.25) is 0 Å². The molecular weight excluding hydrogens is 330 g/mol. The fourth-order valence-electron chi connectivity index (χ4n) is 3.15. The molecule has 0 spiro atoms. The molecule has 0 bridgehead atoms. The summed E-state index contributed by atoms with van der Waals surface area (Å²) in [5, 5.41) is 9.00. The number of nitrogens with one attached hydrogen (secondary N) is 1. The zero-order valence-corrected chi connectivity index (χ0v) is 15.3. The van der Waals surface area contributed by atoms with Crippen LogP contribution in [0.5, 0.6) is 0 Å². The number of aromatic nitrogens is 4. The fourth-order valence-corrected chi connectivity index (χ4v) is 3.15. The Morgan fingerprint density at radius 1 is 1.08 bits per heavy atom. The van der Waals surface area contributed by atoms with Gasteiger partial charge in [0.05, 0.1) is 16.8 Å². The second kappa shape index (κ2) is 5.52. The topological polar surface area (TPSA) is 83.4 Å². The summed E-state index contributed by atoms with van der Waals surface area (Å²) in [7, 11) is 0. The molecule has 4 rings (SSSR count). The van der Waals surface area contributed by atoms with Crippen molar-refractivity contribution in [2.24, 2.45) is 0 Å². The first-order valence-electron chi connectivity index (χ1n) is 8.67. The average molecular weight is 351 g/mol. The third-order valence-corrected chi connectivity index (χ3v) is 4.72. The van der Waals surface area contributed by atoms with Crippen LogP contribution in [0.25, 0.3) is 5.65 Å². The highest BCUT2D eigenvalue weighted by molar-refractivity contribution is 6.21. The molecule has 3 aromatic rings. The molecule has 2 aromatic heterocycles. The molecule has 1 aliphatic heterocycles. The van der Waals surface area contributed by atoms with Gasteiger partial charge in [0, 0.05) is 23.9 Å². The summed E-state index contributed by atoms with van der Waals surface area (Å²) in [6.45, 7) is 8.50. The number of carbonyl (C=O) groups excluding carboxylic acids is 2. The van der Waals surface area contributed by atoms with Crippen LogP contribution in [-0.4, -0.2) is 43.1 Å². The standard InChI is InChI=1S/C19H21N5O2/c1-11(10-23-17(25)12-7-5-6-8-13(12)18(23)26)16-20-15-9-14(19(2,3)4)21-24(15)22-16/h5-9,11H,10H2,1-4H3,(H,20,22). The molecule has 7 heteroatoms. The van der Waals surface area contributed by atoms with E-state index >= 15 is 0 Å². The Hall–Kier alpha value is -2.96. The summed E-state index contributed by atoms with van der Waals surface area (Å²) in [6.07, 6.45) is 0. The highest BCUT2D eigenvalue weighted by Crippen LogP contribution is 2.26. The van der Waals surface area contributed by atoms with Crippen molar-refractivity contribution in [2.75, 3.05) is 6.54 Å². The van der Waals surface area contributed by atoms with E-state index in [1.165, 1.54) is 4.90 Å². The van der Waals surface area contributed by atoms with Crippen LogP contribution < -0.4 is 0 Å². The Labute approximate surface area is 151 Å². The van der Waals surface area contributed by atoms with Crippen LogP contribution in [0, 0.1) is 0 Å². The number of hydrogen-bond donors (Lipinski definition) is 1. The van der Waals surface area contributed by atoms with Gasteiger partial charge < -0.3 is 4.98 Å². The van der Waals surface area contributed by atoms with Crippen LogP contribution in [0.1, 0.15) is 65.8 Å². The minimum atomic E-state index is -0.246. The van der Waals surface area contributed by atoms with Crippen molar-refractivity contribution >= 4 is 17.5 Å². The van der Waals surface area contributed by atoms with E-state index < -0.39 is 0 Å². The van der Waals surface area contributed by atoms with Gasteiger partial charge in [0.15, 0.2) is 5.65 Å². The first-order chi connectivity index (χ1) is 12.3. The number of fused-ring (bicyclic) bond motifs is 2. The van der Waals surface area contributed by atoms with Crippen molar-refractivity contribution in [1.29, 1.82) is 0 Å². The van der Waals surface area contributed by atoms with Crippen LogP contribution in [0.2, 0.25) is 0 Å². The molecule has 2 amide bonds. The molecule has 0 saturated carbocycles. The maximum Gasteiger partial charge on any atom is 0.261 e. The lowest BCUT2D eigenvalue weighted by Crippen LogP contribution is -2.33. The number of benzene rings is 1. The molecule has 0 fully saturated rings. The summed E-state index contributed by atoms with van der Waals surface area (Å²) in [5.41, 5.74) is 2.64. The Morgan fingerprint density at radius 2 is 1.69 bits per heavy atom. The predicted molar refractivity (Wildman–Crippen MR) is 96.3 cm³/mol. The molecule has 1 unspecified atom stereocenters. The van der Waals surface area contributed by atoms with Crippen LogP contribution >= 0.6 is 0 Å². The van der Waals surface area contributed by atoms with E-state index in [-0.39, 0.29) is 29.7 Å². The summed E-state index contributed by atoms with van der Waals surface area (Å²) < 4.78 is 1.58. The zero-order chi connectivity index (χ0) is 18.6. The van der Waals surface area contributed by atoms with E-state index in [0.717, 1.165) is 11.3 Å². The van der Waals surface area contributed by atoms with Crippen molar-refractivity contribution < 1.29 is 9.59 Å². The second-order valence-electron chi connectivity index (χ2n) is 7.83. The highest BCUT2D eigenvalue weighted by Gasteiger charge is 2.36. The van der Waals surface area contributed by atoms with Gasteiger partial charge in [-0.25, -0.2) is 0 Å². The summed E-state index contributed by atoms with van der Waals surface area (Å²) in [6, 6.07) is 8.90. The van der Waals surface area contributed by atoms with Gasteiger partial charge in [0.1, 0.15) is 5.82 Å². The quantitative estimate of drug-likeness (QED) is 0.736. The number of nitrogens with zero attached hydrogens (tertiary/aromatic N) is 4. The minimum absolute atomic E-state index is 0.0551. The van der Waals surface area contributed by atoms with E-state index in [1.54, 1.807) is 28.9 Å². The Balaban J connectivity index is 1.56. The Kier molecular flexibility index (Phi) is 3.50. The second-order valence-corrected chi connectivity index (χ2v) is 7.83. The highest BCUT2D eigenvalue weighted by atomic mass is 16.2. The van der Waals surface area contributed by atoms with Crippen molar-refractivity contribution in [2.45, 2.75) is 39.0 Å². The molecule has 1 atom stereocenters. The van der Waals surface area contributed by atoms with Gasteiger partial charge in [-0.2, -0.15) is 5.10 Å². The van der Waals surface area contributed by atoms with Gasteiger partial charge in [-0.05, 0) is 12.1 Å². The Bertz CT molecular complexity index is 958. The first kappa shape index (κ1) is 16.5. The van der Waals surface area contributed by atoms with Gasteiger partial charge in [-0.1, -0.05) is 39.8 Å². The normalized spacial score (nSPS) is 15.8. The largest absolute Gasteiger partial charge is 0.325 e. The third-order valence-electron chi connectivity index (χ3n) is 4.72. The lowest BCUT2D eigenvalue weighted by Gasteiger charge is -2.17. The average Bonchev–Trinajstić information content (AvgIpc) is 3.22. The molecule has 1 aromatic carbocycles. The molecule has 1 N–H and O–H groups in total. The van der Waals surface area contributed by atoms with Crippen LogP contribution in [0.4, 0.5) is 0 Å². The molecule has 0 saturated heterocycles. The van der Waals surface area contributed by atoms with Crippen molar-refractivity contribution in [3.63, 3.8) is 0 Å². The minimum Gasteiger partial charge on any atom is -0.325 e. The Morgan fingerprint density at radius 3 is 2.23 bits per heavy atom. The summed E-state index contributed by atoms with van der Waals surface area (Å²) in [4.78, 5) is 29.6. The molecule has 134 valence electrons. The number of amides is 2. The van der Waals surface area contributed by atoms with E-state index in [4.69, 9.17) is 0 Å². The number of aromatic amines is 1. The summed E-state index contributed by atoms with van der Waals surface area (Å²) in [5.74, 6) is 0.0779. The lowest BCUT2D eigenvalue weighted by molar-refractivity contribution is 0.0645. The fraction of sp³-hybridized carbons (Fsp3) is 0.368. The molecular formula is C19H21N5O2. The number of H-pyrrole nitrogens is 1. The molecule has 0 aliphatic carbocycles. The van der Waals surface area contributed by atoms with Gasteiger partial charge in [-0.3, -0.25) is 14.5 Å². The lowest BCUT2D eigenvalue weighted by atomic mass is 9.93. The number of hydrogen-bond acceptors (Lipinski definition) is 4. The van der Waals surface area contributed by atoms with Crippen LogP contribution in [0.15, 0.2) is 30.3 Å². The number of rotatable bonds is 3. The van der Waals surface area contributed by atoms with Crippen molar-refractivity contribution in [3.05, 3.63) is 53.0 Å².